The third-order valence-electron chi connectivity index (χ3n) is 2.32. The highest BCUT2D eigenvalue weighted by Gasteiger charge is 2.34. The predicted octanol–water partition coefficient (Wildman–Crippen LogP) is -0.273. The topological polar surface area (TPSA) is 60.8 Å². The molecule has 0 bridgehead atoms. The van der Waals surface area contributed by atoms with Crippen molar-refractivity contribution in [2.24, 2.45) is 0 Å². The monoisotopic (exact) mass is 251 g/mol. The number of halogens is 1. The molecular formula is C8H14BrNO3. The minimum atomic E-state index is -1.09. The zero-order valence-corrected chi connectivity index (χ0v) is 8.96. The van der Waals surface area contributed by atoms with Crippen molar-refractivity contribution in [3.05, 3.63) is 0 Å². The van der Waals surface area contributed by atoms with Gasteiger partial charge >= 0.3 is 0 Å². The fourth-order valence-corrected chi connectivity index (χ4v) is 1.89. The SMILES string of the molecule is O=C(CBr)N1CCCC(O)(CO)C1. The van der Waals surface area contributed by atoms with Crippen LogP contribution in [-0.2, 0) is 4.79 Å². The van der Waals surface area contributed by atoms with Gasteiger partial charge in [0.1, 0.15) is 5.60 Å². The molecule has 4 nitrogen and oxygen atoms in total. The fourth-order valence-electron chi connectivity index (χ4n) is 1.54. The van der Waals surface area contributed by atoms with E-state index in [0.717, 1.165) is 6.42 Å². The summed E-state index contributed by atoms with van der Waals surface area (Å²) in [6.07, 6.45) is 1.31. The molecule has 0 aromatic heterocycles. The summed E-state index contributed by atoms with van der Waals surface area (Å²) in [5, 5.41) is 18.9. The van der Waals surface area contributed by atoms with Gasteiger partial charge in [0, 0.05) is 6.54 Å². The van der Waals surface area contributed by atoms with Gasteiger partial charge in [-0.05, 0) is 12.8 Å². The summed E-state index contributed by atoms with van der Waals surface area (Å²) in [5.41, 5.74) is -1.09. The van der Waals surface area contributed by atoms with Gasteiger partial charge in [-0.2, -0.15) is 0 Å². The lowest BCUT2D eigenvalue weighted by Gasteiger charge is -2.37. The van der Waals surface area contributed by atoms with E-state index < -0.39 is 5.60 Å². The number of likely N-dealkylation sites (tertiary alicyclic amines) is 1. The van der Waals surface area contributed by atoms with Crippen molar-refractivity contribution in [3.63, 3.8) is 0 Å². The zero-order chi connectivity index (χ0) is 9.90. The first-order valence-corrected chi connectivity index (χ1v) is 5.40. The Bertz CT molecular complexity index is 200. The molecule has 1 aliphatic heterocycles. The minimum Gasteiger partial charge on any atom is -0.393 e. The van der Waals surface area contributed by atoms with E-state index >= 15 is 0 Å². The number of hydrogen-bond acceptors (Lipinski definition) is 3. The summed E-state index contributed by atoms with van der Waals surface area (Å²) in [6, 6.07) is 0. The summed E-state index contributed by atoms with van der Waals surface area (Å²) in [6.45, 7) is 0.639. The van der Waals surface area contributed by atoms with Gasteiger partial charge in [0.2, 0.25) is 5.91 Å². The first-order chi connectivity index (χ1) is 6.11. The molecule has 76 valence electrons. The molecule has 5 heteroatoms. The predicted molar refractivity (Wildman–Crippen MR) is 51.6 cm³/mol. The van der Waals surface area contributed by atoms with Crippen molar-refractivity contribution >= 4 is 21.8 Å². The largest absolute Gasteiger partial charge is 0.393 e. The van der Waals surface area contributed by atoms with Crippen LogP contribution in [0.4, 0.5) is 0 Å². The highest BCUT2D eigenvalue weighted by Crippen LogP contribution is 2.20. The first kappa shape index (κ1) is 10.9. The number of hydrogen-bond donors (Lipinski definition) is 2. The molecule has 1 rings (SSSR count). The molecule has 1 unspecified atom stereocenters. The number of carbonyl (C=O) groups excluding carboxylic acids is 1. The maximum Gasteiger partial charge on any atom is 0.233 e. The van der Waals surface area contributed by atoms with Crippen molar-refractivity contribution in [1.29, 1.82) is 0 Å². The number of carbonyl (C=O) groups is 1. The Hall–Kier alpha value is -0.130. The summed E-state index contributed by atoms with van der Waals surface area (Å²) in [7, 11) is 0. The van der Waals surface area contributed by atoms with E-state index in [1.54, 1.807) is 4.90 Å². The summed E-state index contributed by atoms with van der Waals surface area (Å²) < 4.78 is 0. The van der Waals surface area contributed by atoms with Crippen molar-refractivity contribution in [1.82, 2.24) is 4.90 Å². The molecule has 0 radical (unpaired) electrons. The summed E-state index contributed by atoms with van der Waals surface area (Å²) in [4.78, 5) is 12.8. The van der Waals surface area contributed by atoms with Gasteiger partial charge in [-0.1, -0.05) is 15.9 Å². The maximum absolute atomic E-state index is 11.3. The van der Waals surface area contributed by atoms with Crippen LogP contribution < -0.4 is 0 Å². The summed E-state index contributed by atoms with van der Waals surface area (Å²) in [5.74, 6) is -0.0356. The lowest BCUT2D eigenvalue weighted by atomic mass is 9.94. The molecule has 1 fully saturated rings. The number of nitrogens with zero attached hydrogens (tertiary/aromatic N) is 1. The molecule has 1 saturated heterocycles. The molecule has 13 heavy (non-hydrogen) atoms. The molecule has 1 aliphatic rings. The van der Waals surface area contributed by atoms with Gasteiger partial charge in [0.25, 0.3) is 0 Å². The van der Waals surface area contributed by atoms with Crippen LogP contribution in [0.1, 0.15) is 12.8 Å². The van der Waals surface area contributed by atoms with E-state index in [9.17, 15) is 9.90 Å². The lowest BCUT2D eigenvalue weighted by Crippen LogP contribution is -2.52. The van der Waals surface area contributed by atoms with Gasteiger partial charge < -0.3 is 15.1 Å². The normalized spacial score (nSPS) is 29.0. The zero-order valence-electron chi connectivity index (χ0n) is 7.37. The van der Waals surface area contributed by atoms with Crippen molar-refractivity contribution in [2.45, 2.75) is 18.4 Å². The molecular weight excluding hydrogens is 238 g/mol. The smallest absolute Gasteiger partial charge is 0.233 e. The lowest BCUT2D eigenvalue weighted by molar-refractivity contribution is -0.137. The molecule has 2 N–H and O–H groups in total. The van der Waals surface area contributed by atoms with Gasteiger partial charge in [0.05, 0.1) is 18.5 Å². The maximum atomic E-state index is 11.3. The average Bonchev–Trinajstić information content (AvgIpc) is 2.17. The van der Waals surface area contributed by atoms with Crippen LogP contribution >= 0.6 is 15.9 Å². The average molecular weight is 252 g/mol. The number of rotatable bonds is 2. The third-order valence-corrected chi connectivity index (χ3v) is 2.80. The quantitative estimate of drug-likeness (QED) is 0.665. The van der Waals surface area contributed by atoms with E-state index in [0.29, 0.717) is 13.0 Å². The number of aliphatic hydroxyl groups excluding tert-OH is 1. The van der Waals surface area contributed by atoms with Gasteiger partial charge in [-0.15, -0.1) is 0 Å². The standard InChI is InChI=1S/C8H14BrNO3/c9-4-7(12)10-3-1-2-8(13,5-10)6-11/h11,13H,1-6H2. The van der Waals surface area contributed by atoms with Crippen molar-refractivity contribution < 1.29 is 15.0 Å². The molecule has 0 aromatic carbocycles. The van der Waals surface area contributed by atoms with Crippen molar-refractivity contribution in [2.75, 3.05) is 25.0 Å². The second-order valence-corrected chi connectivity index (χ2v) is 4.00. The van der Waals surface area contributed by atoms with E-state index in [-0.39, 0.29) is 24.4 Å². The van der Waals surface area contributed by atoms with E-state index in [1.165, 1.54) is 0 Å². The van der Waals surface area contributed by atoms with Crippen LogP contribution in [0.15, 0.2) is 0 Å². The molecule has 1 amide bonds. The highest BCUT2D eigenvalue weighted by molar-refractivity contribution is 9.09. The minimum absolute atomic E-state index is 0.0356. The second kappa shape index (κ2) is 4.39. The molecule has 0 aliphatic carbocycles. The van der Waals surface area contributed by atoms with Crippen LogP contribution in [0.25, 0.3) is 0 Å². The van der Waals surface area contributed by atoms with E-state index in [2.05, 4.69) is 15.9 Å². The second-order valence-electron chi connectivity index (χ2n) is 3.43. The van der Waals surface area contributed by atoms with E-state index in [1.807, 2.05) is 0 Å². The van der Waals surface area contributed by atoms with Gasteiger partial charge in [-0.3, -0.25) is 4.79 Å². The van der Waals surface area contributed by atoms with Crippen molar-refractivity contribution in [3.8, 4) is 0 Å². The van der Waals surface area contributed by atoms with Crippen LogP contribution in [0, 0.1) is 0 Å². The molecule has 0 aromatic rings. The third kappa shape index (κ3) is 2.65. The van der Waals surface area contributed by atoms with Gasteiger partial charge in [-0.25, -0.2) is 0 Å². The Morgan fingerprint density at radius 3 is 2.85 bits per heavy atom. The van der Waals surface area contributed by atoms with Crippen LogP contribution in [0.3, 0.4) is 0 Å². The van der Waals surface area contributed by atoms with Gasteiger partial charge in [0.15, 0.2) is 0 Å². The van der Waals surface area contributed by atoms with E-state index in [4.69, 9.17) is 5.11 Å². The Kier molecular flexibility index (Phi) is 3.70. The summed E-state index contributed by atoms with van der Waals surface area (Å²) >= 11 is 3.07. The first-order valence-electron chi connectivity index (χ1n) is 4.28. The number of aliphatic hydroxyl groups is 2. The molecule has 1 atom stereocenters. The Balaban J connectivity index is 2.56. The van der Waals surface area contributed by atoms with Crippen LogP contribution in [-0.4, -0.2) is 51.6 Å². The molecule has 0 saturated carbocycles. The Morgan fingerprint density at radius 2 is 2.31 bits per heavy atom. The Morgan fingerprint density at radius 1 is 1.62 bits per heavy atom. The molecule has 0 spiro atoms. The highest BCUT2D eigenvalue weighted by atomic mass is 79.9. The molecule has 1 heterocycles. The number of piperidine rings is 1. The number of amides is 1. The Labute approximate surface area is 85.7 Å². The van der Waals surface area contributed by atoms with Crippen LogP contribution in [0.5, 0.6) is 0 Å². The number of β-amino-alcohol motifs (C(OH)–C–C–N with tert-alkyl or cyclic N) is 1. The fraction of sp³-hybridized carbons (Fsp3) is 0.875. The van der Waals surface area contributed by atoms with Crippen LogP contribution in [0.2, 0.25) is 0 Å². The number of alkyl halides is 1.